The van der Waals surface area contributed by atoms with Gasteiger partial charge in [-0.25, -0.2) is 10.4 Å². The summed E-state index contributed by atoms with van der Waals surface area (Å²) in [7, 11) is 0. The lowest BCUT2D eigenvalue weighted by molar-refractivity contribution is 0.479. The third-order valence-electron chi connectivity index (χ3n) is 6.97. The Hall–Kier alpha value is -4.18. The number of rotatable bonds is 5. The number of hydrazine groups is 1. The molecule has 1 N–H and O–H groups in total. The van der Waals surface area contributed by atoms with Crippen molar-refractivity contribution in [3.63, 3.8) is 0 Å². The summed E-state index contributed by atoms with van der Waals surface area (Å²) in [6.45, 7) is 0.882. The van der Waals surface area contributed by atoms with Crippen molar-refractivity contribution < 1.29 is 0 Å². The smallest absolute Gasteiger partial charge is 0.112 e. The van der Waals surface area contributed by atoms with Gasteiger partial charge in [0.25, 0.3) is 0 Å². The third kappa shape index (κ3) is 3.62. The van der Waals surface area contributed by atoms with Gasteiger partial charge in [0, 0.05) is 23.0 Å². The summed E-state index contributed by atoms with van der Waals surface area (Å²) >= 11 is 0. The van der Waals surface area contributed by atoms with Crippen LogP contribution in [0.25, 0.3) is 38.6 Å². The molecule has 2 unspecified atom stereocenters. The Kier molecular flexibility index (Phi) is 4.76. The molecule has 168 valence electrons. The highest BCUT2D eigenvalue weighted by Gasteiger charge is 2.34. The predicted octanol–water partition coefficient (Wildman–Crippen LogP) is 7.47. The lowest BCUT2D eigenvalue weighted by Crippen LogP contribution is -2.01. The molecule has 1 fully saturated rings. The molecule has 0 saturated carbocycles. The van der Waals surface area contributed by atoms with Crippen LogP contribution in [0.3, 0.4) is 0 Å². The molecule has 1 aromatic heterocycles. The number of para-hydroxylation sites is 1. The van der Waals surface area contributed by atoms with Gasteiger partial charge in [0.05, 0.1) is 11.0 Å². The van der Waals surface area contributed by atoms with Gasteiger partial charge in [0.1, 0.15) is 6.17 Å². The van der Waals surface area contributed by atoms with Crippen molar-refractivity contribution in [3.8, 4) is 16.8 Å². The van der Waals surface area contributed by atoms with Crippen molar-refractivity contribution in [1.29, 1.82) is 0 Å². The van der Waals surface area contributed by atoms with Crippen LogP contribution in [0.2, 0.25) is 0 Å². The first kappa shape index (κ1) is 20.2. The van der Waals surface area contributed by atoms with Gasteiger partial charge >= 0.3 is 0 Å². The fourth-order valence-electron chi connectivity index (χ4n) is 5.16. The van der Waals surface area contributed by atoms with Gasteiger partial charge in [0.15, 0.2) is 0 Å². The molecule has 1 aliphatic rings. The molecular weight excluding hydrogens is 426 g/mol. The molecule has 6 aromatic rings. The standard InChI is InChI=1S/C32H25N3/c1-3-9-24(10-4-1)26-17-20-31-29(21-26)28-13-7-8-14-30(28)35(31)27-18-15-23(16-19-27)22-34-32(33-34)25-11-5-2-6-12-25/h1-21,32-33H,22H2. The molecule has 0 aliphatic carbocycles. The zero-order chi connectivity index (χ0) is 23.2. The molecule has 35 heavy (non-hydrogen) atoms. The number of nitrogens with zero attached hydrogens (tertiary/aromatic N) is 2. The number of nitrogens with one attached hydrogen (secondary N) is 1. The van der Waals surface area contributed by atoms with Crippen molar-refractivity contribution in [1.82, 2.24) is 15.0 Å². The summed E-state index contributed by atoms with van der Waals surface area (Å²) in [5.41, 5.74) is 12.2. The van der Waals surface area contributed by atoms with Crippen LogP contribution in [-0.2, 0) is 6.54 Å². The predicted molar refractivity (Wildman–Crippen MR) is 144 cm³/mol. The largest absolute Gasteiger partial charge is 0.309 e. The summed E-state index contributed by atoms with van der Waals surface area (Å²) in [6, 6.07) is 45.7. The van der Waals surface area contributed by atoms with E-state index in [0.29, 0.717) is 6.17 Å². The van der Waals surface area contributed by atoms with Gasteiger partial charge in [-0.05, 0) is 52.6 Å². The van der Waals surface area contributed by atoms with Crippen LogP contribution in [0.5, 0.6) is 0 Å². The van der Waals surface area contributed by atoms with E-state index in [-0.39, 0.29) is 0 Å². The maximum atomic E-state index is 3.47. The molecule has 3 nitrogen and oxygen atoms in total. The van der Waals surface area contributed by atoms with Gasteiger partial charge in [-0.1, -0.05) is 97.1 Å². The molecule has 1 aliphatic heterocycles. The molecule has 3 heteroatoms. The van der Waals surface area contributed by atoms with Gasteiger partial charge in [-0.3, -0.25) is 0 Å². The summed E-state index contributed by atoms with van der Waals surface area (Å²) in [5, 5.41) is 4.84. The highest BCUT2D eigenvalue weighted by Crippen LogP contribution is 2.35. The van der Waals surface area contributed by atoms with E-state index >= 15 is 0 Å². The fraction of sp³-hybridized carbons (Fsp3) is 0.0625. The molecule has 0 radical (unpaired) electrons. The SMILES string of the molecule is c1ccc(-c2ccc3c(c2)c2ccccc2n3-c2ccc(CN3NC3c3ccccc3)cc2)cc1. The number of hydrogen-bond donors (Lipinski definition) is 1. The summed E-state index contributed by atoms with van der Waals surface area (Å²) < 4.78 is 2.38. The molecule has 0 amide bonds. The van der Waals surface area contributed by atoms with Gasteiger partial charge in [-0.2, -0.15) is 0 Å². The Bertz CT molecular complexity index is 1630. The Labute approximate surface area is 204 Å². The molecule has 1 saturated heterocycles. The minimum Gasteiger partial charge on any atom is -0.309 e. The van der Waals surface area contributed by atoms with Crippen molar-refractivity contribution in [2.24, 2.45) is 0 Å². The number of aromatic nitrogens is 1. The average Bonchev–Trinajstić information content (AvgIpc) is 3.62. The Morgan fingerprint density at radius 3 is 2.06 bits per heavy atom. The topological polar surface area (TPSA) is 29.9 Å². The van der Waals surface area contributed by atoms with E-state index in [1.54, 1.807) is 0 Å². The van der Waals surface area contributed by atoms with Crippen LogP contribution in [0.4, 0.5) is 0 Å². The number of hydrogen-bond acceptors (Lipinski definition) is 2. The van der Waals surface area contributed by atoms with Gasteiger partial charge in [-0.15, -0.1) is 0 Å². The maximum Gasteiger partial charge on any atom is 0.112 e. The highest BCUT2D eigenvalue weighted by atomic mass is 15.7. The zero-order valence-corrected chi connectivity index (χ0v) is 19.3. The van der Waals surface area contributed by atoms with Crippen molar-refractivity contribution in [3.05, 3.63) is 139 Å². The van der Waals surface area contributed by atoms with E-state index in [0.717, 1.165) is 6.54 Å². The first-order chi connectivity index (χ1) is 17.3. The van der Waals surface area contributed by atoms with Crippen LogP contribution in [0, 0.1) is 0 Å². The van der Waals surface area contributed by atoms with Crippen LogP contribution < -0.4 is 5.43 Å². The Morgan fingerprint density at radius 2 is 1.26 bits per heavy atom. The number of benzene rings is 5. The molecule has 7 rings (SSSR count). The second-order valence-electron chi connectivity index (χ2n) is 9.19. The minimum atomic E-state index is 0.312. The summed E-state index contributed by atoms with van der Waals surface area (Å²) in [6.07, 6.45) is 0.312. The summed E-state index contributed by atoms with van der Waals surface area (Å²) in [5.74, 6) is 0. The summed E-state index contributed by atoms with van der Waals surface area (Å²) in [4.78, 5) is 0. The van der Waals surface area contributed by atoms with Crippen LogP contribution in [0.15, 0.2) is 127 Å². The third-order valence-corrected chi connectivity index (χ3v) is 6.97. The highest BCUT2D eigenvalue weighted by molar-refractivity contribution is 6.10. The molecule has 0 spiro atoms. The molecular formula is C32H25N3. The fourth-order valence-corrected chi connectivity index (χ4v) is 5.16. The normalized spacial score (nSPS) is 17.1. The lowest BCUT2D eigenvalue weighted by atomic mass is 10.0. The second-order valence-corrected chi connectivity index (χ2v) is 9.19. The Morgan fingerprint density at radius 1 is 0.571 bits per heavy atom. The van der Waals surface area contributed by atoms with Crippen LogP contribution >= 0.6 is 0 Å². The van der Waals surface area contributed by atoms with Crippen molar-refractivity contribution in [2.75, 3.05) is 0 Å². The van der Waals surface area contributed by atoms with E-state index in [1.165, 1.54) is 49.7 Å². The van der Waals surface area contributed by atoms with E-state index < -0.39 is 0 Å². The van der Waals surface area contributed by atoms with Crippen LogP contribution in [0.1, 0.15) is 17.3 Å². The molecule has 0 bridgehead atoms. The van der Waals surface area contributed by atoms with E-state index in [2.05, 4.69) is 142 Å². The van der Waals surface area contributed by atoms with Crippen molar-refractivity contribution in [2.45, 2.75) is 12.7 Å². The lowest BCUT2D eigenvalue weighted by Gasteiger charge is -2.10. The number of fused-ring (bicyclic) bond motifs is 3. The first-order valence-corrected chi connectivity index (χ1v) is 12.1. The monoisotopic (exact) mass is 451 g/mol. The maximum absolute atomic E-state index is 3.47. The average molecular weight is 452 g/mol. The van der Waals surface area contributed by atoms with E-state index in [4.69, 9.17) is 0 Å². The second kappa shape index (κ2) is 8.24. The van der Waals surface area contributed by atoms with Gasteiger partial charge in [0.2, 0.25) is 0 Å². The van der Waals surface area contributed by atoms with E-state index in [1.807, 2.05) is 0 Å². The quantitative estimate of drug-likeness (QED) is 0.276. The van der Waals surface area contributed by atoms with Crippen LogP contribution in [-0.4, -0.2) is 9.58 Å². The molecule has 2 heterocycles. The first-order valence-electron chi connectivity index (χ1n) is 12.1. The van der Waals surface area contributed by atoms with E-state index in [9.17, 15) is 0 Å². The molecule has 2 atom stereocenters. The van der Waals surface area contributed by atoms with Crippen molar-refractivity contribution >= 4 is 21.8 Å². The zero-order valence-electron chi connectivity index (χ0n) is 19.3. The molecule has 5 aromatic carbocycles. The minimum absolute atomic E-state index is 0.312. The Balaban J connectivity index is 1.23. The van der Waals surface area contributed by atoms with Gasteiger partial charge < -0.3 is 4.57 Å².